The van der Waals surface area contributed by atoms with Gasteiger partial charge in [0.2, 0.25) is 0 Å². The minimum atomic E-state index is 0.909. The van der Waals surface area contributed by atoms with Crippen LogP contribution in [0.2, 0.25) is 0 Å². The molecule has 0 amide bonds. The van der Waals surface area contributed by atoms with Crippen LogP contribution in [-0.4, -0.2) is 18.0 Å². The Morgan fingerprint density at radius 2 is 1.81 bits per heavy atom. The summed E-state index contributed by atoms with van der Waals surface area (Å²) in [6.07, 6.45) is 9.08. The van der Waals surface area contributed by atoms with Crippen LogP contribution >= 0.6 is 0 Å². The smallest absolute Gasteiger partial charge is 0.101 e. The van der Waals surface area contributed by atoms with E-state index in [1.165, 1.54) is 36.1 Å². The highest BCUT2D eigenvalue weighted by molar-refractivity contribution is 5.47. The van der Waals surface area contributed by atoms with E-state index in [1.54, 1.807) is 0 Å². The summed E-state index contributed by atoms with van der Waals surface area (Å²) < 4.78 is 0. The zero-order chi connectivity index (χ0) is 14.5. The second-order valence-electron chi connectivity index (χ2n) is 5.98. The van der Waals surface area contributed by atoms with Crippen molar-refractivity contribution in [3.05, 3.63) is 58.8 Å². The number of nitrogens with zero attached hydrogens (tertiary/aromatic N) is 2. The number of aryl methyl sites for hydroxylation is 1. The number of hydrogen-bond donors (Lipinski definition) is 0. The van der Waals surface area contributed by atoms with Crippen LogP contribution in [0.15, 0.2) is 53.3 Å². The Balaban J connectivity index is 1.53. The van der Waals surface area contributed by atoms with E-state index in [9.17, 15) is 5.26 Å². The summed E-state index contributed by atoms with van der Waals surface area (Å²) in [7, 11) is 0. The molecule has 0 aromatic heterocycles. The second kappa shape index (κ2) is 6.63. The maximum absolute atomic E-state index is 9.34. The molecule has 0 N–H and O–H groups in total. The van der Waals surface area contributed by atoms with Gasteiger partial charge in [0.1, 0.15) is 6.07 Å². The fourth-order valence-electron chi connectivity index (χ4n) is 3.34. The van der Waals surface area contributed by atoms with Gasteiger partial charge < -0.3 is 4.90 Å². The van der Waals surface area contributed by atoms with Gasteiger partial charge in [-0.1, -0.05) is 35.9 Å². The van der Waals surface area contributed by atoms with Gasteiger partial charge in [-0.2, -0.15) is 5.26 Å². The van der Waals surface area contributed by atoms with E-state index in [4.69, 9.17) is 0 Å². The van der Waals surface area contributed by atoms with Gasteiger partial charge in [0.25, 0.3) is 0 Å². The fourth-order valence-corrected chi connectivity index (χ4v) is 3.34. The second-order valence-corrected chi connectivity index (χ2v) is 5.98. The van der Waals surface area contributed by atoms with Crippen molar-refractivity contribution in [2.24, 2.45) is 0 Å². The SMILES string of the molecule is N#CC1=C(N2CCCC2)CC(CCCc2ccccc2)=C1. The van der Waals surface area contributed by atoms with Crippen molar-refractivity contribution >= 4 is 0 Å². The molecule has 0 saturated carbocycles. The van der Waals surface area contributed by atoms with Crippen molar-refractivity contribution in [1.82, 2.24) is 4.90 Å². The van der Waals surface area contributed by atoms with Crippen LogP contribution in [0.4, 0.5) is 0 Å². The number of nitriles is 1. The Labute approximate surface area is 127 Å². The molecule has 0 spiro atoms. The summed E-state index contributed by atoms with van der Waals surface area (Å²) in [5.74, 6) is 0. The molecule has 21 heavy (non-hydrogen) atoms. The maximum Gasteiger partial charge on any atom is 0.101 e. The first-order valence-electron chi connectivity index (χ1n) is 7.98. The Kier molecular flexibility index (Phi) is 4.40. The summed E-state index contributed by atoms with van der Waals surface area (Å²) in [4.78, 5) is 2.42. The first-order chi connectivity index (χ1) is 10.4. The average molecular weight is 278 g/mol. The molecule has 1 heterocycles. The van der Waals surface area contributed by atoms with Crippen LogP contribution in [0, 0.1) is 11.3 Å². The number of allylic oxidation sites excluding steroid dienone is 3. The predicted molar refractivity (Wildman–Crippen MR) is 85.5 cm³/mol. The van der Waals surface area contributed by atoms with Crippen molar-refractivity contribution in [3.63, 3.8) is 0 Å². The lowest BCUT2D eigenvalue weighted by molar-refractivity contribution is 0.416. The molecule has 2 heteroatoms. The van der Waals surface area contributed by atoms with E-state index in [0.29, 0.717) is 0 Å². The molecule has 0 unspecified atom stereocenters. The molecular formula is C19H22N2. The molecule has 3 rings (SSSR count). The van der Waals surface area contributed by atoms with E-state index < -0.39 is 0 Å². The Morgan fingerprint density at radius 1 is 1.05 bits per heavy atom. The summed E-state index contributed by atoms with van der Waals surface area (Å²) in [6.45, 7) is 2.26. The normalized spacial score (nSPS) is 18.0. The van der Waals surface area contributed by atoms with Gasteiger partial charge >= 0.3 is 0 Å². The van der Waals surface area contributed by atoms with Gasteiger partial charge in [-0.25, -0.2) is 0 Å². The number of likely N-dealkylation sites (tertiary alicyclic amines) is 1. The van der Waals surface area contributed by atoms with Gasteiger partial charge in [-0.15, -0.1) is 0 Å². The Morgan fingerprint density at radius 3 is 2.52 bits per heavy atom. The zero-order valence-corrected chi connectivity index (χ0v) is 12.5. The summed E-state index contributed by atoms with van der Waals surface area (Å²) in [5, 5.41) is 9.34. The van der Waals surface area contributed by atoms with Gasteiger partial charge in [0.05, 0.1) is 5.57 Å². The quantitative estimate of drug-likeness (QED) is 0.806. The molecular weight excluding hydrogens is 256 g/mol. The van der Waals surface area contributed by atoms with E-state index in [2.05, 4.69) is 47.4 Å². The number of benzene rings is 1. The molecule has 1 aliphatic carbocycles. The molecule has 1 aromatic carbocycles. The van der Waals surface area contributed by atoms with Crippen molar-refractivity contribution in [1.29, 1.82) is 5.26 Å². The lowest BCUT2D eigenvalue weighted by Crippen LogP contribution is -2.18. The van der Waals surface area contributed by atoms with Crippen molar-refractivity contribution in [2.45, 2.75) is 38.5 Å². The molecule has 0 radical (unpaired) electrons. The van der Waals surface area contributed by atoms with Gasteiger partial charge in [-0.3, -0.25) is 0 Å². The van der Waals surface area contributed by atoms with E-state index in [-0.39, 0.29) is 0 Å². The molecule has 108 valence electrons. The predicted octanol–water partition coefficient (Wildman–Crippen LogP) is 4.21. The molecule has 2 nitrogen and oxygen atoms in total. The fraction of sp³-hybridized carbons (Fsp3) is 0.421. The maximum atomic E-state index is 9.34. The van der Waals surface area contributed by atoms with Gasteiger partial charge in [-0.05, 0) is 43.7 Å². The Bertz CT molecular complexity index is 584. The third-order valence-electron chi connectivity index (χ3n) is 4.47. The molecule has 0 atom stereocenters. The molecule has 1 aromatic rings. The van der Waals surface area contributed by atoms with Crippen LogP contribution in [0.3, 0.4) is 0 Å². The van der Waals surface area contributed by atoms with Crippen molar-refractivity contribution in [3.8, 4) is 6.07 Å². The topological polar surface area (TPSA) is 27.0 Å². The molecule has 1 aliphatic heterocycles. The van der Waals surface area contributed by atoms with Crippen molar-refractivity contribution < 1.29 is 0 Å². The largest absolute Gasteiger partial charge is 0.373 e. The van der Waals surface area contributed by atoms with Crippen LogP contribution in [-0.2, 0) is 6.42 Å². The highest BCUT2D eigenvalue weighted by atomic mass is 15.2. The number of hydrogen-bond acceptors (Lipinski definition) is 2. The standard InChI is InChI=1S/C19H22N2/c20-15-18-13-17(14-19(18)21-11-4-5-12-21)10-6-9-16-7-2-1-3-8-16/h1-3,7-8,13H,4-6,9-12,14H2. The molecule has 0 bridgehead atoms. The Hall–Kier alpha value is -2.01. The van der Waals surface area contributed by atoms with Gasteiger partial charge in [0, 0.05) is 25.2 Å². The van der Waals surface area contributed by atoms with Crippen molar-refractivity contribution in [2.75, 3.05) is 13.1 Å². The lowest BCUT2D eigenvalue weighted by Gasteiger charge is -2.20. The molecule has 2 aliphatic rings. The highest BCUT2D eigenvalue weighted by Crippen LogP contribution is 2.32. The monoisotopic (exact) mass is 278 g/mol. The first kappa shape index (κ1) is 13.9. The van der Waals surface area contributed by atoms with Crippen LogP contribution < -0.4 is 0 Å². The minimum Gasteiger partial charge on any atom is -0.373 e. The number of rotatable bonds is 5. The van der Waals surface area contributed by atoms with Crippen LogP contribution in [0.25, 0.3) is 0 Å². The molecule has 1 saturated heterocycles. The van der Waals surface area contributed by atoms with Crippen LogP contribution in [0.5, 0.6) is 0 Å². The summed E-state index contributed by atoms with van der Waals surface area (Å²) in [6, 6.07) is 13.0. The molecule has 1 fully saturated rings. The zero-order valence-electron chi connectivity index (χ0n) is 12.5. The third kappa shape index (κ3) is 3.36. The van der Waals surface area contributed by atoms with Crippen LogP contribution in [0.1, 0.15) is 37.7 Å². The first-order valence-corrected chi connectivity index (χ1v) is 7.98. The third-order valence-corrected chi connectivity index (χ3v) is 4.47. The van der Waals surface area contributed by atoms with E-state index >= 15 is 0 Å². The van der Waals surface area contributed by atoms with E-state index in [1.807, 2.05) is 0 Å². The van der Waals surface area contributed by atoms with E-state index in [0.717, 1.165) is 37.9 Å². The minimum absolute atomic E-state index is 0.909. The highest BCUT2D eigenvalue weighted by Gasteiger charge is 2.23. The summed E-state index contributed by atoms with van der Waals surface area (Å²) >= 11 is 0. The lowest BCUT2D eigenvalue weighted by atomic mass is 10.0. The van der Waals surface area contributed by atoms with Gasteiger partial charge in [0.15, 0.2) is 0 Å². The summed E-state index contributed by atoms with van der Waals surface area (Å²) in [5.41, 5.74) is 5.03. The average Bonchev–Trinajstić information content (AvgIpc) is 3.17.